The number of nitrogens with one attached hydrogen (secondary N) is 1. The van der Waals surface area contributed by atoms with Crippen LogP contribution in [0.1, 0.15) is 26.0 Å². The van der Waals surface area contributed by atoms with E-state index in [1.807, 2.05) is 17.2 Å². The molecule has 0 spiro atoms. The first-order valence-corrected chi connectivity index (χ1v) is 6.90. The number of hydrogen-bond donors (Lipinski definition) is 1. The standard InChI is InChI=1S/C12H19N3OS/c1-8-4-9(2)6-15(5-8)12(16)14-11-13-10(3)7-17-11/h7-9H,4-6H2,1-3H3,(H,13,14,16). The Kier molecular flexibility index (Phi) is 3.66. The molecule has 0 radical (unpaired) electrons. The molecule has 2 amide bonds. The summed E-state index contributed by atoms with van der Waals surface area (Å²) in [6.45, 7) is 8.02. The molecule has 0 saturated carbocycles. The topological polar surface area (TPSA) is 45.2 Å². The smallest absolute Gasteiger partial charge is 0.323 e. The van der Waals surface area contributed by atoms with E-state index in [4.69, 9.17) is 0 Å². The van der Waals surface area contributed by atoms with Crippen LogP contribution in [0.25, 0.3) is 0 Å². The molecule has 0 bridgehead atoms. The summed E-state index contributed by atoms with van der Waals surface area (Å²) in [6, 6.07) is -0.0160. The van der Waals surface area contributed by atoms with Crippen LogP contribution in [0.15, 0.2) is 5.38 Å². The number of carbonyl (C=O) groups is 1. The van der Waals surface area contributed by atoms with E-state index in [0.717, 1.165) is 18.8 Å². The van der Waals surface area contributed by atoms with Gasteiger partial charge in [-0.25, -0.2) is 9.78 Å². The zero-order chi connectivity index (χ0) is 12.4. The van der Waals surface area contributed by atoms with Crippen LogP contribution in [0.3, 0.4) is 0 Å². The van der Waals surface area contributed by atoms with Crippen molar-refractivity contribution in [1.29, 1.82) is 0 Å². The molecule has 17 heavy (non-hydrogen) atoms. The second-order valence-electron chi connectivity index (χ2n) is 5.08. The van der Waals surface area contributed by atoms with Gasteiger partial charge in [-0.2, -0.15) is 0 Å². The van der Waals surface area contributed by atoms with Crippen molar-refractivity contribution in [3.8, 4) is 0 Å². The number of nitrogens with zero attached hydrogens (tertiary/aromatic N) is 2. The number of carbonyl (C=O) groups excluding carboxylic acids is 1. The fourth-order valence-electron chi connectivity index (χ4n) is 2.41. The van der Waals surface area contributed by atoms with Gasteiger partial charge < -0.3 is 4.90 Å². The van der Waals surface area contributed by atoms with Gasteiger partial charge in [0.05, 0.1) is 5.69 Å². The molecule has 2 heterocycles. The second-order valence-corrected chi connectivity index (χ2v) is 5.93. The van der Waals surface area contributed by atoms with Crippen molar-refractivity contribution in [2.75, 3.05) is 18.4 Å². The zero-order valence-corrected chi connectivity index (χ0v) is 11.4. The first-order valence-electron chi connectivity index (χ1n) is 6.02. The minimum absolute atomic E-state index is 0.0160. The van der Waals surface area contributed by atoms with Crippen molar-refractivity contribution in [3.63, 3.8) is 0 Å². The van der Waals surface area contributed by atoms with Crippen LogP contribution >= 0.6 is 11.3 Å². The molecular weight excluding hydrogens is 234 g/mol. The maximum atomic E-state index is 12.0. The number of hydrogen-bond acceptors (Lipinski definition) is 3. The van der Waals surface area contributed by atoms with Gasteiger partial charge in [0.1, 0.15) is 0 Å². The summed E-state index contributed by atoms with van der Waals surface area (Å²) in [5.41, 5.74) is 0.950. The second kappa shape index (κ2) is 5.04. The molecule has 1 aromatic heterocycles. The Balaban J connectivity index is 1.95. The molecular formula is C12H19N3OS. The summed E-state index contributed by atoms with van der Waals surface area (Å²) in [5.74, 6) is 1.17. The van der Waals surface area contributed by atoms with Gasteiger partial charge in [0, 0.05) is 18.5 Å². The lowest BCUT2D eigenvalue weighted by Crippen LogP contribution is -2.44. The summed E-state index contributed by atoms with van der Waals surface area (Å²) < 4.78 is 0. The highest BCUT2D eigenvalue weighted by molar-refractivity contribution is 7.13. The van der Waals surface area contributed by atoms with Gasteiger partial charge in [-0.3, -0.25) is 5.32 Å². The first-order chi connectivity index (χ1) is 8.04. The lowest BCUT2D eigenvalue weighted by atomic mass is 9.92. The molecule has 1 aliphatic heterocycles. The van der Waals surface area contributed by atoms with Gasteiger partial charge in [0.2, 0.25) is 0 Å². The number of aromatic nitrogens is 1. The van der Waals surface area contributed by atoms with E-state index in [2.05, 4.69) is 24.1 Å². The highest BCUT2D eigenvalue weighted by Crippen LogP contribution is 2.22. The SMILES string of the molecule is Cc1csc(NC(=O)N2CC(C)CC(C)C2)n1. The molecule has 1 saturated heterocycles. The third-order valence-electron chi connectivity index (χ3n) is 2.99. The number of amides is 2. The normalized spacial score (nSPS) is 24.8. The highest BCUT2D eigenvalue weighted by atomic mass is 32.1. The molecule has 0 aliphatic carbocycles. The van der Waals surface area contributed by atoms with Crippen molar-refractivity contribution >= 4 is 22.5 Å². The van der Waals surface area contributed by atoms with Crippen molar-refractivity contribution < 1.29 is 4.79 Å². The third-order valence-corrected chi connectivity index (χ3v) is 3.86. The van der Waals surface area contributed by atoms with Gasteiger partial charge in [-0.15, -0.1) is 11.3 Å². The van der Waals surface area contributed by atoms with Crippen molar-refractivity contribution in [1.82, 2.24) is 9.88 Å². The molecule has 94 valence electrons. The minimum atomic E-state index is -0.0160. The van der Waals surface area contributed by atoms with Gasteiger partial charge in [0.15, 0.2) is 5.13 Å². The van der Waals surface area contributed by atoms with Gasteiger partial charge in [-0.1, -0.05) is 13.8 Å². The van der Waals surface area contributed by atoms with Crippen LogP contribution in [0.5, 0.6) is 0 Å². The molecule has 4 nitrogen and oxygen atoms in total. The van der Waals surface area contributed by atoms with Crippen LogP contribution in [-0.4, -0.2) is 29.0 Å². The van der Waals surface area contributed by atoms with Crippen molar-refractivity contribution in [3.05, 3.63) is 11.1 Å². The fourth-order valence-corrected chi connectivity index (χ4v) is 3.09. The van der Waals surface area contributed by atoms with E-state index in [1.165, 1.54) is 17.8 Å². The van der Waals surface area contributed by atoms with E-state index >= 15 is 0 Å². The summed E-state index contributed by atoms with van der Waals surface area (Å²) in [6.07, 6.45) is 1.21. The van der Waals surface area contributed by atoms with Crippen LogP contribution in [0.4, 0.5) is 9.93 Å². The lowest BCUT2D eigenvalue weighted by molar-refractivity contribution is 0.156. The molecule has 1 N–H and O–H groups in total. The average molecular weight is 253 g/mol. The third kappa shape index (κ3) is 3.19. The maximum absolute atomic E-state index is 12.0. The maximum Gasteiger partial charge on any atom is 0.323 e. The quantitative estimate of drug-likeness (QED) is 0.836. The Morgan fingerprint density at radius 1 is 1.47 bits per heavy atom. The number of urea groups is 1. The molecule has 1 fully saturated rings. The molecule has 1 aliphatic rings. The summed E-state index contributed by atoms with van der Waals surface area (Å²) in [5, 5.41) is 5.50. The lowest BCUT2D eigenvalue weighted by Gasteiger charge is -2.34. The molecule has 2 atom stereocenters. The Morgan fingerprint density at radius 2 is 2.12 bits per heavy atom. The predicted molar refractivity (Wildman–Crippen MR) is 70.4 cm³/mol. The predicted octanol–water partition coefficient (Wildman–Crippen LogP) is 2.96. The number of rotatable bonds is 1. The Labute approximate surface area is 106 Å². The number of aryl methyl sites for hydroxylation is 1. The van der Waals surface area contributed by atoms with E-state index in [9.17, 15) is 4.79 Å². The van der Waals surface area contributed by atoms with Crippen LogP contribution in [0.2, 0.25) is 0 Å². The Hall–Kier alpha value is -1.10. The van der Waals surface area contributed by atoms with E-state index in [0.29, 0.717) is 17.0 Å². The summed E-state index contributed by atoms with van der Waals surface area (Å²) in [7, 11) is 0. The minimum Gasteiger partial charge on any atom is -0.324 e. The van der Waals surface area contributed by atoms with Gasteiger partial charge >= 0.3 is 6.03 Å². The Bertz CT molecular complexity index is 394. The Morgan fingerprint density at radius 3 is 2.65 bits per heavy atom. The zero-order valence-electron chi connectivity index (χ0n) is 10.6. The molecule has 2 unspecified atom stereocenters. The highest BCUT2D eigenvalue weighted by Gasteiger charge is 2.25. The number of anilines is 1. The summed E-state index contributed by atoms with van der Waals surface area (Å²) in [4.78, 5) is 18.2. The fraction of sp³-hybridized carbons (Fsp3) is 0.667. The molecule has 1 aromatic rings. The van der Waals surface area contributed by atoms with E-state index < -0.39 is 0 Å². The first kappa shape index (κ1) is 12.4. The number of likely N-dealkylation sites (tertiary alicyclic amines) is 1. The average Bonchev–Trinajstić information content (AvgIpc) is 2.62. The van der Waals surface area contributed by atoms with Crippen LogP contribution in [-0.2, 0) is 0 Å². The summed E-state index contributed by atoms with van der Waals surface area (Å²) >= 11 is 1.47. The van der Waals surface area contributed by atoms with Crippen molar-refractivity contribution in [2.24, 2.45) is 11.8 Å². The monoisotopic (exact) mass is 253 g/mol. The van der Waals surface area contributed by atoms with Gasteiger partial charge in [0.25, 0.3) is 0 Å². The number of thiazole rings is 1. The van der Waals surface area contributed by atoms with Crippen molar-refractivity contribution in [2.45, 2.75) is 27.2 Å². The van der Waals surface area contributed by atoms with Crippen LogP contribution < -0.4 is 5.32 Å². The number of piperidine rings is 1. The van der Waals surface area contributed by atoms with Crippen LogP contribution in [0, 0.1) is 18.8 Å². The molecule has 0 aromatic carbocycles. The van der Waals surface area contributed by atoms with Gasteiger partial charge in [-0.05, 0) is 25.2 Å². The molecule has 5 heteroatoms. The van der Waals surface area contributed by atoms with E-state index in [-0.39, 0.29) is 6.03 Å². The molecule has 2 rings (SSSR count). The van der Waals surface area contributed by atoms with E-state index in [1.54, 1.807) is 0 Å². The largest absolute Gasteiger partial charge is 0.324 e.